The first kappa shape index (κ1) is 61.5. The number of rotatable bonds is 49. The molecule has 0 amide bonds. The van der Waals surface area contributed by atoms with Gasteiger partial charge in [0.25, 0.3) is 7.82 Å². The molecule has 0 bridgehead atoms. The van der Waals surface area contributed by atoms with E-state index in [1.807, 2.05) is 21.1 Å². The lowest BCUT2D eigenvalue weighted by molar-refractivity contribution is -0.870. The van der Waals surface area contributed by atoms with Gasteiger partial charge in [0, 0.05) is 13.0 Å². The Hall–Kier alpha value is -1.54. The van der Waals surface area contributed by atoms with Crippen LogP contribution in [-0.4, -0.2) is 70.7 Å². The summed E-state index contributed by atoms with van der Waals surface area (Å²) in [5, 5.41) is 0. The van der Waals surface area contributed by atoms with E-state index < -0.39 is 13.9 Å². The zero-order chi connectivity index (χ0) is 46.2. The highest BCUT2D eigenvalue weighted by Gasteiger charge is 2.20. The van der Waals surface area contributed by atoms with Crippen LogP contribution < -0.4 is 4.89 Å². The number of esters is 1. The Morgan fingerprint density at radius 1 is 0.492 bits per heavy atom. The van der Waals surface area contributed by atoms with Crippen molar-refractivity contribution in [3.8, 4) is 0 Å². The first-order valence-electron chi connectivity index (χ1n) is 26.4. The Labute approximate surface area is 390 Å². The molecule has 0 aromatic carbocycles. The highest BCUT2D eigenvalue weighted by Crippen LogP contribution is 2.38. The third kappa shape index (κ3) is 51.3. The summed E-state index contributed by atoms with van der Waals surface area (Å²) in [5.41, 5.74) is 0. The molecule has 8 nitrogen and oxygen atoms in total. The van der Waals surface area contributed by atoms with Gasteiger partial charge < -0.3 is 27.9 Å². The van der Waals surface area contributed by atoms with Gasteiger partial charge in [0.1, 0.15) is 19.3 Å². The van der Waals surface area contributed by atoms with E-state index in [0.717, 1.165) is 44.9 Å². The van der Waals surface area contributed by atoms with Crippen LogP contribution >= 0.6 is 7.82 Å². The first-order chi connectivity index (χ1) is 30.6. The van der Waals surface area contributed by atoms with Crippen molar-refractivity contribution in [3.05, 3.63) is 48.6 Å². The Morgan fingerprint density at radius 3 is 1.32 bits per heavy atom. The molecule has 0 aromatic heterocycles. The van der Waals surface area contributed by atoms with E-state index in [1.165, 1.54) is 167 Å². The van der Waals surface area contributed by atoms with Crippen molar-refractivity contribution in [2.45, 2.75) is 238 Å². The van der Waals surface area contributed by atoms with Crippen molar-refractivity contribution in [2.75, 3.05) is 54.1 Å². The van der Waals surface area contributed by atoms with Gasteiger partial charge in [0.05, 0.1) is 34.4 Å². The van der Waals surface area contributed by atoms with Gasteiger partial charge in [-0.05, 0) is 77.0 Å². The number of ether oxygens (including phenoxy) is 2. The van der Waals surface area contributed by atoms with Crippen molar-refractivity contribution in [1.82, 2.24) is 0 Å². The number of phosphoric ester groups is 1. The number of phosphoric acid groups is 1. The second-order valence-electron chi connectivity index (χ2n) is 18.9. The fourth-order valence-electron chi connectivity index (χ4n) is 7.25. The van der Waals surface area contributed by atoms with E-state index in [9.17, 15) is 14.3 Å². The third-order valence-electron chi connectivity index (χ3n) is 11.4. The number of hydrogen-bond acceptors (Lipinski definition) is 7. The summed E-state index contributed by atoms with van der Waals surface area (Å²) >= 11 is 0. The number of allylic oxidation sites excluding steroid dienone is 8. The molecule has 0 heterocycles. The first-order valence-corrected chi connectivity index (χ1v) is 27.8. The van der Waals surface area contributed by atoms with Gasteiger partial charge in [-0.25, -0.2) is 0 Å². The molecule has 63 heavy (non-hydrogen) atoms. The quantitative estimate of drug-likeness (QED) is 0.0197. The number of quaternary nitrogens is 1. The number of unbranched alkanes of at least 4 members (excludes halogenated alkanes) is 27. The molecule has 370 valence electrons. The van der Waals surface area contributed by atoms with Gasteiger partial charge in [0.2, 0.25) is 0 Å². The number of carbonyl (C=O) groups is 1. The van der Waals surface area contributed by atoms with Crippen LogP contribution in [0.5, 0.6) is 0 Å². The lowest BCUT2D eigenvalue weighted by Gasteiger charge is -2.28. The fraction of sp³-hybridized carbons (Fsp3) is 0.833. The highest BCUT2D eigenvalue weighted by molar-refractivity contribution is 7.45. The third-order valence-corrected chi connectivity index (χ3v) is 12.3. The van der Waals surface area contributed by atoms with Crippen molar-refractivity contribution in [2.24, 2.45) is 0 Å². The van der Waals surface area contributed by atoms with Crippen LogP contribution in [0.2, 0.25) is 0 Å². The monoisotopic (exact) mass is 908 g/mol. The Morgan fingerprint density at radius 2 is 0.873 bits per heavy atom. The molecular formula is C54H102NO7P. The standard InChI is InChI=1S/C54H102NO7P/c1-6-8-10-12-14-16-18-20-22-24-26-27-28-29-30-31-33-35-37-39-41-43-45-47-54(56)62-53(52-61-63(57,58)60-50-48-55(3,4)5)51-59-49-46-44-42-40-38-36-34-32-25-23-21-19-17-15-13-11-9-7-2/h15,17-18,20-21,23-24,26,53H,6-14,16,19,22,25,27-52H2,1-5H3/b17-15-,20-18-,23-21-,26-24-. The Bertz CT molecular complexity index is 1150. The SMILES string of the molecule is CCCCC/C=C\C/C=C\CCCCCCCCCCOCC(COP(=O)([O-])OCC[N+](C)(C)C)OC(=O)CCCCCCCCCCCCC/C=C\C/C=C\CCCCCCC. The van der Waals surface area contributed by atoms with Crippen molar-refractivity contribution < 1.29 is 37.3 Å². The topological polar surface area (TPSA) is 94.1 Å². The summed E-state index contributed by atoms with van der Waals surface area (Å²) in [6, 6.07) is 0. The minimum Gasteiger partial charge on any atom is -0.756 e. The number of hydrogen-bond donors (Lipinski definition) is 0. The van der Waals surface area contributed by atoms with Crippen LogP contribution in [0.1, 0.15) is 232 Å². The largest absolute Gasteiger partial charge is 0.756 e. The maximum Gasteiger partial charge on any atom is 0.306 e. The lowest BCUT2D eigenvalue weighted by Crippen LogP contribution is -2.37. The summed E-state index contributed by atoms with van der Waals surface area (Å²) < 4.78 is 34.8. The lowest BCUT2D eigenvalue weighted by atomic mass is 10.0. The maximum atomic E-state index is 12.8. The average molecular weight is 908 g/mol. The molecule has 0 radical (unpaired) electrons. The summed E-state index contributed by atoms with van der Waals surface area (Å²) in [7, 11) is 1.35. The number of carbonyl (C=O) groups excluding carboxylic acids is 1. The van der Waals surface area contributed by atoms with E-state index in [0.29, 0.717) is 24.1 Å². The van der Waals surface area contributed by atoms with Gasteiger partial charge >= 0.3 is 5.97 Å². The molecule has 0 aliphatic carbocycles. The van der Waals surface area contributed by atoms with Crippen molar-refractivity contribution >= 4 is 13.8 Å². The molecular weight excluding hydrogens is 806 g/mol. The molecule has 2 unspecified atom stereocenters. The highest BCUT2D eigenvalue weighted by atomic mass is 31.2. The van der Waals surface area contributed by atoms with Gasteiger partial charge in [-0.1, -0.05) is 197 Å². The summed E-state index contributed by atoms with van der Waals surface area (Å²) in [4.78, 5) is 25.2. The van der Waals surface area contributed by atoms with E-state index in [2.05, 4.69) is 62.5 Å². The van der Waals surface area contributed by atoms with E-state index in [1.54, 1.807) is 0 Å². The van der Waals surface area contributed by atoms with Gasteiger partial charge in [-0.15, -0.1) is 0 Å². The minimum atomic E-state index is -4.53. The van der Waals surface area contributed by atoms with Gasteiger partial charge in [-0.2, -0.15) is 0 Å². The second-order valence-corrected chi connectivity index (χ2v) is 20.3. The molecule has 0 aliphatic heterocycles. The van der Waals surface area contributed by atoms with E-state index in [-0.39, 0.29) is 25.8 Å². The van der Waals surface area contributed by atoms with Crippen LogP contribution in [0.3, 0.4) is 0 Å². The molecule has 0 rings (SSSR count). The minimum absolute atomic E-state index is 0.0237. The van der Waals surface area contributed by atoms with Crippen molar-refractivity contribution in [3.63, 3.8) is 0 Å². The molecule has 0 aliphatic rings. The molecule has 0 spiro atoms. The molecule has 0 fully saturated rings. The van der Waals surface area contributed by atoms with Gasteiger partial charge in [0.15, 0.2) is 0 Å². The molecule has 0 N–H and O–H groups in total. The summed E-state index contributed by atoms with van der Waals surface area (Å²) in [5.74, 6) is -0.337. The molecule has 0 saturated heterocycles. The zero-order valence-corrected chi connectivity index (χ0v) is 42.9. The molecule has 0 aromatic rings. The number of nitrogens with zero attached hydrogens (tertiary/aromatic N) is 1. The average Bonchev–Trinajstić information content (AvgIpc) is 3.24. The van der Waals surface area contributed by atoms with Crippen LogP contribution in [0.4, 0.5) is 0 Å². The number of likely N-dealkylation sites (N-methyl/N-ethyl adjacent to an activating group) is 1. The van der Waals surface area contributed by atoms with Crippen LogP contribution in [-0.2, 0) is 27.9 Å². The van der Waals surface area contributed by atoms with Crippen LogP contribution in [0.25, 0.3) is 0 Å². The van der Waals surface area contributed by atoms with Gasteiger partial charge in [-0.3, -0.25) is 9.36 Å². The maximum absolute atomic E-state index is 12.8. The van der Waals surface area contributed by atoms with E-state index >= 15 is 0 Å². The van der Waals surface area contributed by atoms with Crippen LogP contribution in [0, 0.1) is 0 Å². The second kappa shape index (κ2) is 47.0. The predicted molar refractivity (Wildman–Crippen MR) is 268 cm³/mol. The summed E-state index contributed by atoms with van der Waals surface area (Å²) in [6.45, 7) is 5.39. The zero-order valence-electron chi connectivity index (χ0n) is 42.0. The van der Waals surface area contributed by atoms with E-state index in [4.69, 9.17) is 18.5 Å². The predicted octanol–water partition coefficient (Wildman–Crippen LogP) is 15.7. The molecule has 0 saturated carbocycles. The normalized spacial score (nSPS) is 13.9. The Balaban J connectivity index is 4.13. The van der Waals surface area contributed by atoms with Crippen molar-refractivity contribution in [1.29, 1.82) is 0 Å². The fourth-order valence-corrected chi connectivity index (χ4v) is 7.98. The Kier molecular flexibility index (Phi) is 45.8. The molecule has 2 atom stereocenters. The van der Waals surface area contributed by atoms with Crippen LogP contribution in [0.15, 0.2) is 48.6 Å². The molecule has 9 heteroatoms. The summed E-state index contributed by atoms with van der Waals surface area (Å²) in [6.07, 6.45) is 58.4. The smallest absolute Gasteiger partial charge is 0.306 e.